The Labute approximate surface area is 158 Å². The minimum absolute atomic E-state index is 0.446. The quantitative estimate of drug-likeness (QED) is 0.686. The molecule has 26 heavy (non-hydrogen) atoms. The predicted octanol–water partition coefficient (Wildman–Crippen LogP) is 2.26. The van der Waals surface area contributed by atoms with Gasteiger partial charge in [0.1, 0.15) is 22.7 Å². The highest BCUT2D eigenvalue weighted by molar-refractivity contribution is 7.00. The molecule has 1 saturated heterocycles. The first-order valence-electron chi connectivity index (χ1n) is 9.06. The Morgan fingerprint density at radius 3 is 2.88 bits per heavy atom. The largest absolute Gasteiger partial charge is 0.317 e. The van der Waals surface area contributed by atoms with E-state index < -0.39 is 0 Å². The molecule has 1 aliphatic heterocycles. The molecule has 0 aliphatic carbocycles. The summed E-state index contributed by atoms with van der Waals surface area (Å²) in [5, 5.41) is 8.92. The molecule has 0 N–H and O–H groups in total. The number of benzene rings is 1. The van der Waals surface area contributed by atoms with Gasteiger partial charge >= 0.3 is 0 Å². The molecule has 0 saturated carbocycles. The number of rotatable bonds is 5. The highest BCUT2D eigenvalue weighted by Crippen LogP contribution is 2.27. The average Bonchev–Trinajstić information content (AvgIpc) is 3.22. The van der Waals surface area contributed by atoms with Crippen LogP contribution < -0.4 is 0 Å². The van der Waals surface area contributed by atoms with Crippen LogP contribution in [-0.4, -0.2) is 60.5 Å². The van der Waals surface area contributed by atoms with Gasteiger partial charge in [0, 0.05) is 26.1 Å². The standard InChI is InChI=1S/C18H25N7S/c1-23(2)12-17-19-20-18(24(17)3)14-5-4-8-25(11-14)10-13-6-7-15-16(9-13)22-26-21-15/h6-7,9,14H,4-5,8,10-12H2,1-3H3. The van der Waals surface area contributed by atoms with Crippen LogP contribution in [0.15, 0.2) is 18.2 Å². The Hall–Kier alpha value is -1.90. The normalized spacial score (nSPS) is 18.8. The fourth-order valence-corrected chi connectivity index (χ4v) is 4.26. The van der Waals surface area contributed by atoms with Crippen LogP contribution in [-0.2, 0) is 20.1 Å². The molecule has 3 heterocycles. The highest BCUT2D eigenvalue weighted by Gasteiger charge is 2.26. The molecule has 0 spiro atoms. The van der Waals surface area contributed by atoms with Crippen molar-refractivity contribution < 1.29 is 0 Å². The molecule has 1 atom stereocenters. The third-order valence-corrected chi connectivity index (χ3v) is 5.61. The number of hydrogen-bond acceptors (Lipinski definition) is 7. The van der Waals surface area contributed by atoms with Crippen LogP contribution in [0.5, 0.6) is 0 Å². The third-order valence-electron chi connectivity index (χ3n) is 5.05. The van der Waals surface area contributed by atoms with Crippen LogP contribution in [0.1, 0.15) is 36.0 Å². The highest BCUT2D eigenvalue weighted by atomic mass is 32.1. The summed E-state index contributed by atoms with van der Waals surface area (Å²) >= 11 is 1.28. The van der Waals surface area contributed by atoms with Gasteiger partial charge in [-0.3, -0.25) is 4.90 Å². The Balaban J connectivity index is 1.46. The molecular formula is C18H25N7S. The van der Waals surface area contributed by atoms with E-state index in [1.165, 1.54) is 30.1 Å². The molecule has 1 aromatic carbocycles. The van der Waals surface area contributed by atoms with Crippen molar-refractivity contribution in [2.75, 3.05) is 27.2 Å². The Morgan fingerprint density at radius 1 is 1.19 bits per heavy atom. The molecule has 0 radical (unpaired) electrons. The lowest BCUT2D eigenvalue weighted by molar-refractivity contribution is 0.195. The van der Waals surface area contributed by atoms with E-state index in [2.05, 4.69) is 72.7 Å². The van der Waals surface area contributed by atoms with Gasteiger partial charge in [0.05, 0.1) is 18.3 Å². The monoisotopic (exact) mass is 371 g/mol. The molecular weight excluding hydrogens is 346 g/mol. The maximum atomic E-state index is 4.51. The number of fused-ring (bicyclic) bond motifs is 1. The van der Waals surface area contributed by atoms with Crippen LogP contribution in [0, 0.1) is 0 Å². The van der Waals surface area contributed by atoms with Gasteiger partial charge in [-0.1, -0.05) is 6.07 Å². The van der Waals surface area contributed by atoms with Crippen LogP contribution in [0.2, 0.25) is 0 Å². The zero-order valence-electron chi connectivity index (χ0n) is 15.6. The van der Waals surface area contributed by atoms with Gasteiger partial charge < -0.3 is 9.47 Å². The minimum Gasteiger partial charge on any atom is -0.317 e. The maximum absolute atomic E-state index is 4.51. The van der Waals surface area contributed by atoms with Crippen molar-refractivity contribution in [2.45, 2.75) is 31.8 Å². The lowest BCUT2D eigenvalue weighted by Crippen LogP contribution is -2.34. The maximum Gasteiger partial charge on any atom is 0.146 e. The summed E-state index contributed by atoms with van der Waals surface area (Å²) in [6.07, 6.45) is 2.38. The van der Waals surface area contributed by atoms with E-state index in [9.17, 15) is 0 Å². The summed E-state index contributed by atoms with van der Waals surface area (Å²) in [5.41, 5.74) is 3.29. The van der Waals surface area contributed by atoms with Crippen LogP contribution >= 0.6 is 11.7 Å². The SMILES string of the molecule is CN(C)Cc1nnc(C2CCCN(Cc3ccc4nsnc4c3)C2)n1C. The summed E-state index contributed by atoms with van der Waals surface area (Å²) in [6, 6.07) is 6.41. The number of piperidine rings is 1. The van der Waals surface area contributed by atoms with Gasteiger partial charge in [-0.2, -0.15) is 8.75 Å². The van der Waals surface area contributed by atoms with Gasteiger partial charge in [0.15, 0.2) is 0 Å². The number of hydrogen-bond donors (Lipinski definition) is 0. The summed E-state index contributed by atoms with van der Waals surface area (Å²) < 4.78 is 10.8. The Kier molecular flexibility index (Phi) is 4.97. The average molecular weight is 372 g/mol. The second kappa shape index (κ2) is 7.38. The number of likely N-dealkylation sites (tertiary alicyclic amines) is 1. The molecule has 1 fully saturated rings. The van der Waals surface area contributed by atoms with Crippen molar-refractivity contribution in [3.05, 3.63) is 35.4 Å². The van der Waals surface area contributed by atoms with Gasteiger partial charge in [-0.05, 0) is 51.2 Å². The van der Waals surface area contributed by atoms with E-state index in [-0.39, 0.29) is 0 Å². The zero-order chi connectivity index (χ0) is 18.1. The second-order valence-corrected chi connectivity index (χ2v) is 7.96. The van der Waals surface area contributed by atoms with Crippen molar-refractivity contribution in [1.29, 1.82) is 0 Å². The van der Waals surface area contributed by atoms with E-state index in [1.54, 1.807) is 0 Å². The molecule has 8 heteroatoms. The van der Waals surface area contributed by atoms with Crippen LogP contribution in [0.4, 0.5) is 0 Å². The van der Waals surface area contributed by atoms with Gasteiger partial charge in [-0.25, -0.2) is 0 Å². The zero-order valence-corrected chi connectivity index (χ0v) is 16.4. The van der Waals surface area contributed by atoms with Gasteiger partial charge in [0.2, 0.25) is 0 Å². The van der Waals surface area contributed by atoms with Crippen molar-refractivity contribution in [3.8, 4) is 0 Å². The van der Waals surface area contributed by atoms with Gasteiger partial charge in [-0.15, -0.1) is 10.2 Å². The van der Waals surface area contributed by atoms with Crippen molar-refractivity contribution in [1.82, 2.24) is 33.3 Å². The first-order valence-corrected chi connectivity index (χ1v) is 9.79. The van der Waals surface area contributed by atoms with Crippen molar-refractivity contribution in [2.24, 2.45) is 7.05 Å². The lowest BCUT2D eigenvalue weighted by atomic mass is 9.96. The van der Waals surface area contributed by atoms with Crippen LogP contribution in [0.25, 0.3) is 11.0 Å². The number of nitrogens with zero attached hydrogens (tertiary/aromatic N) is 7. The fraction of sp³-hybridized carbons (Fsp3) is 0.556. The summed E-state index contributed by atoms with van der Waals surface area (Å²) in [5.74, 6) is 2.59. The summed E-state index contributed by atoms with van der Waals surface area (Å²) in [4.78, 5) is 4.65. The van der Waals surface area contributed by atoms with E-state index >= 15 is 0 Å². The molecule has 7 nitrogen and oxygen atoms in total. The van der Waals surface area contributed by atoms with Crippen molar-refractivity contribution >= 4 is 22.8 Å². The molecule has 2 aromatic heterocycles. The molecule has 4 rings (SSSR count). The van der Waals surface area contributed by atoms with Crippen molar-refractivity contribution in [3.63, 3.8) is 0 Å². The molecule has 3 aromatic rings. The topological polar surface area (TPSA) is 63.0 Å². The molecule has 0 bridgehead atoms. The second-order valence-electron chi connectivity index (χ2n) is 7.43. The smallest absolute Gasteiger partial charge is 0.146 e. The Morgan fingerprint density at radius 2 is 2.04 bits per heavy atom. The van der Waals surface area contributed by atoms with Gasteiger partial charge in [0.25, 0.3) is 0 Å². The Bertz CT molecular complexity index is 885. The first kappa shape index (κ1) is 17.5. The first-order chi connectivity index (χ1) is 12.6. The van der Waals surface area contributed by atoms with E-state index in [0.29, 0.717) is 5.92 Å². The minimum atomic E-state index is 0.446. The number of aromatic nitrogens is 5. The predicted molar refractivity (Wildman–Crippen MR) is 103 cm³/mol. The van der Waals surface area contributed by atoms with E-state index in [0.717, 1.165) is 48.9 Å². The van der Waals surface area contributed by atoms with E-state index in [4.69, 9.17) is 0 Å². The molecule has 1 aliphatic rings. The summed E-state index contributed by atoms with van der Waals surface area (Å²) in [6.45, 7) is 3.93. The lowest BCUT2D eigenvalue weighted by Gasteiger charge is -2.32. The third kappa shape index (κ3) is 3.62. The summed E-state index contributed by atoms with van der Waals surface area (Å²) in [7, 11) is 6.22. The fourth-order valence-electron chi connectivity index (χ4n) is 3.75. The molecule has 0 amide bonds. The molecule has 138 valence electrons. The molecule has 1 unspecified atom stereocenters. The van der Waals surface area contributed by atoms with E-state index in [1.807, 2.05) is 0 Å². The van der Waals surface area contributed by atoms with Crippen LogP contribution in [0.3, 0.4) is 0 Å².